The highest BCUT2D eigenvalue weighted by molar-refractivity contribution is 5.95. The van der Waals surface area contributed by atoms with Crippen molar-refractivity contribution in [3.05, 3.63) is 102 Å². The topological polar surface area (TPSA) is 66.8 Å². The molecule has 152 valence electrons. The van der Waals surface area contributed by atoms with Crippen molar-refractivity contribution in [1.29, 1.82) is 0 Å². The number of carboxylic acid groups (broad SMARTS) is 1. The van der Waals surface area contributed by atoms with Gasteiger partial charge in [-0.1, -0.05) is 66.7 Å². The van der Waals surface area contributed by atoms with E-state index in [0.717, 1.165) is 22.5 Å². The summed E-state index contributed by atoms with van der Waals surface area (Å²) in [7, 11) is 0. The summed E-state index contributed by atoms with van der Waals surface area (Å²) in [6.45, 7) is 0.119. The molecule has 5 nitrogen and oxygen atoms in total. The van der Waals surface area contributed by atoms with Gasteiger partial charge in [-0.2, -0.15) is 0 Å². The largest absolute Gasteiger partial charge is 0.481 e. The summed E-state index contributed by atoms with van der Waals surface area (Å²) in [5.74, 6) is -0.816. The number of hydrogen-bond acceptors (Lipinski definition) is 3. The molecule has 30 heavy (non-hydrogen) atoms. The van der Waals surface area contributed by atoms with Crippen LogP contribution in [0.25, 0.3) is 6.08 Å². The van der Waals surface area contributed by atoms with Crippen molar-refractivity contribution < 1.29 is 19.4 Å². The highest BCUT2D eigenvalue weighted by Crippen LogP contribution is 2.25. The molecule has 0 unspecified atom stereocenters. The highest BCUT2D eigenvalue weighted by atomic mass is 16.6. The maximum absolute atomic E-state index is 12.8. The Kier molecular flexibility index (Phi) is 7.39. The predicted molar refractivity (Wildman–Crippen MR) is 118 cm³/mol. The van der Waals surface area contributed by atoms with E-state index in [1.807, 2.05) is 91.0 Å². The summed E-state index contributed by atoms with van der Waals surface area (Å²) in [5, 5.41) is 8.81. The third kappa shape index (κ3) is 6.07. The predicted octanol–water partition coefficient (Wildman–Crippen LogP) is 5.69. The maximum Gasteiger partial charge on any atom is 0.419 e. The van der Waals surface area contributed by atoms with Gasteiger partial charge in [0.25, 0.3) is 0 Å². The SMILES string of the molecule is O=C(O)CCc1cccc(/C=C\COC(=O)N(c2ccccc2)c2ccccc2)c1. The van der Waals surface area contributed by atoms with Crippen LogP contribution in [0.3, 0.4) is 0 Å². The first kappa shape index (κ1) is 20.9. The number of carbonyl (C=O) groups is 2. The summed E-state index contributed by atoms with van der Waals surface area (Å²) in [5.41, 5.74) is 3.33. The number of hydrogen-bond donors (Lipinski definition) is 1. The molecule has 3 aromatic carbocycles. The van der Waals surface area contributed by atoms with Gasteiger partial charge in [0.1, 0.15) is 6.61 Å². The number of carbonyl (C=O) groups excluding carboxylic acids is 1. The fraction of sp³-hybridized carbons (Fsp3) is 0.120. The first-order valence-corrected chi connectivity index (χ1v) is 9.68. The van der Waals surface area contributed by atoms with Crippen LogP contribution in [-0.4, -0.2) is 23.8 Å². The molecule has 5 heteroatoms. The van der Waals surface area contributed by atoms with E-state index in [4.69, 9.17) is 9.84 Å². The summed E-state index contributed by atoms with van der Waals surface area (Å²) in [6, 6.07) is 26.3. The molecule has 0 saturated carbocycles. The molecule has 3 rings (SSSR count). The molecule has 0 heterocycles. The van der Waals surface area contributed by atoms with Crippen molar-refractivity contribution in [3.8, 4) is 0 Å². The Hall–Kier alpha value is -3.86. The second-order valence-corrected chi connectivity index (χ2v) is 6.62. The average molecular weight is 401 g/mol. The lowest BCUT2D eigenvalue weighted by Gasteiger charge is -2.22. The summed E-state index contributed by atoms with van der Waals surface area (Å²) >= 11 is 0. The Bertz CT molecular complexity index is 960. The lowest BCUT2D eigenvalue weighted by molar-refractivity contribution is -0.136. The quantitative estimate of drug-likeness (QED) is 0.526. The third-order valence-electron chi connectivity index (χ3n) is 4.40. The molecule has 0 saturated heterocycles. The van der Waals surface area contributed by atoms with E-state index < -0.39 is 12.1 Å². The molecular weight excluding hydrogens is 378 g/mol. The zero-order chi connectivity index (χ0) is 21.2. The van der Waals surface area contributed by atoms with E-state index in [1.165, 1.54) is 4.90 Å². The number of anilines is 2. The van der Waals surface area contributed by atoms with Crippen LogP contribution < -0.4 is 4.90 Å². The van der Waals surface area contributed by atoms with Crippen LogP contribution in [0.1, 0.15) is 17.5 Å². The molecule has 1 amide bonds. The van der Waals surface area contributed by atoms with Crippen molar-refractivity contribution in [3.63, 3.8) is 0 Å². The van der Waals surface area contributed by atoms with Gasteiger partial charge in [0.05, 0.1) is 11.4 Å². The monoisotopic (exact) mass is 401 g/mol. The van der Waals surface area contributed by atoms with E-state index in [1.54, 1.807) is 6.08 Å². The molecule has 0 spiro atoms. The maximum atomic E-state index is 12.8. The minimum absolute atomic E-state index is 0.0968. The number of para-hydroxylation sites is 2. The minimum Gasteiger partial charge on any atom is -0.481 e. The Morgan fingerprint density at radius 2 is 1.50 bits per heavy atom. The zero-order valence-electron chi connectivity index (χ0n) is 16.5. The standard InChI is InChI=1S/C25H23NO4/c27-24(28)17-16-21-10-7-9-20(19-21)11-8-18-30-25(29)26(22-12-3-1-4-13-22)23-14-5-2-6-15-23/h1-15,19H,16-18H2,(H,27,28)/b11-8-. The van der Waals surface area contributed by atoms with Crippen molar-refractivity contribution in [2.45, 2.75) is 12.8 Å². The summed E-state index contributed by atoms with van der Waals surface area (Å²) in [4.78, 5) is 25.0. The lowest BCUT2D eigenvalue weighted by atomic mass is 10.1. The number of ether oxygens (including phenoxy) is 1. The van der Waals surface area contributed by atoms with Gasteiger partial charge in [0.2, 0.25) is 0 Å². The van der Waals surface area contributed by atoms with E-state index >= 15 is 0 Å². The lowest BCUT2D eigenvalue weighted by Crippen LogP contribution is -2.26. The number of benzene rings is 3. The minimum atomic E-state index is -0.816. The average Bonchev–Trinajstić information content (AvgIpc) is 2.77. The van der Waals surface area contributed by atoms with Gasteiger partial charge >= 0.3 is 12.1 Å². The van der Waals surface area contributed by atoms with E-state index in [9.17, 15) is 9.59 Å². The Labute approximate surface area is 175 Å². The van der Waals surface area contributed by atoms with E-state index in [-0.39, 0.29) is 13.0 Å². The van der Waals surface area contributed by atoms with E-state index in [2.05, 4.69) is 0 Å². The van der Waals surface area contributed by atoms with Crippen LogP contribution in [-0.2, 0) is 16.0 Å². The van der Waals surface area contributed by atoms with Gasteiger partial charge in [0, 0.05) is 6.42 Å². The molecular formula is C25H23NO4. The van der Waals surface area contributed by atoms with Crippen LogP contribution >= 0.6 is 0 Å². The smallest absolute Gasteiger partial charge is 0.419 e. The first-order chi connectivity index (χ1) is 14.6. The van der Waals surface area contributed by atoms with Crippen molar-refractivity contribution in [2.24, 2.45) is 0 Å². The van der Waals surface area contributed by atoms with E-state index in [0.29, 0.717) is 6.42 Å². The van der Waals surface area contributed by atoms with Crippen molar-refractivity contribution in [2.75, 3.05) is 11.5 Å². The van der Waals surface area contributed by atoms with Crippen LogP contribution in [0.5, 0.6) is 0 Å². The fourth-order valence-corrected chi connectivity index (χ4v) is 2.99. The van der Waals surface area contributed by atoms with Gasteiger partial charge in [-0.15, -0.1) is 0 Å². The van der Waals surface area contributed by atoms with Gasteiger partial charge in [-0.05, 0) is 47.9 Å². The second-order valence-electron chi connectivity index (χ2n) is 6.62. The number of aliphatic carboxylic acids is 1. The van der Waals surface area contributed by atoms with Crippen LogP contribution in [0.15, 0.2) is 91.0 Å². The third-order valence-corrected chi connectivity index (χ3v) is 4.40. The Morgan fingerprint density at radius 3 is 2.10 bits per heavy atom. The summed E-state index contributed by atoms with van der Waals surface area (Å²) in [6.07, 6.45) is 3.73. The first-order valence-electron chi connectivity index (χ1n) is 9.68. The van der Waals surface area contributed by atoms with Crippen LogP contribution in [0.4, 0.5) is 16.2 Å². The van der Waals surface area contributed by atoms with Crippen molar-refractivity contribution >= 4 is 29.5 Å². The molecule has 0 atom stereocenters. The Balaban J connectivity index is 1.63. The van der Waals surface area contributed by atoms with Crippen LogP contribution in [0, 0.1) is 0 Å². The number of rotatable bonds is 8. The summed E-state index contributed by atoms with van der Waals surface area (Å²) < 4.78 is 5.47. The Morgan fingerprint density at radius 1 is 0.867 bits per heavy atom. The normalized spacial score (nSPS) is 10.7. The fourth-order valence-electron chi connectivity index (χ4n) is 2.99. The van der Waals surface area contributed by atoms with Gasteiger partial charge in [0.15, 0.2) is 0 Å². The molecule has 0 bridgehead atoms. The molecule has 0 aliphatic carbocycles. The molecule has 0 aliphatic heterocycles. The number of amides is 1. The molecule has 0 radical (unpaired) electrons. The van der Waals surface area contributed by atoms with Gasteiger partial charge in [-0.25, -0.2) is 9.69 Å². The second kappa shape index (κ2) is 10.6. The van der Waals surface area contributed by atoms with Gasteiger partial charge < -0.3 is 9.84 Å². The highest BCUT2D eigenvalue weighted by Gasteiger charge is 2.18. The molecule has 0 aromatic heterocycles. The zero-order valence-corrected chi connectivity index (χ0v) is 16.5. The van der Waals surface area contributed by atoms with Gasteiger partial charge in [-0.3, -0.25) is 4.79 Å². The molecule has 1 N–H and O–H groups in total. The van der Waals surface area contributed by atoms with Crippen LogP contribution in [0.2, 0.25) is 0 Å². The number of nitrogens with zero attached hydrogens (tertiary/aromatic N) is 1. The number of aryl methyl sites for hydroxylation is 1. The molecule has 0 aliphatic rings. The molecule has 3 aromatic rings. The van der Waals surface area contributed by atoms with Crippen molar-refractivity contribution in [1.82, 2.24) is 0 Å². The molecule has 0 fully saturated rings. The number of carboxylic acids is 1.